The maximum absolute atomic E-state index is 12.0. The number of rotatable bonds is 4. The molecule has 1 unspecified atom stereocenters. The van der Waals surface area contributed by atoms with Crippen LogP contribution in [-0.4, -0.2) is 17.9 Å². The lowest BCUT2D eigenvalue weighted by atomic mass is 10.0. The van der Waals surface area contributed by atoms with Crippen molar-refractivity contribution in [2.24, 2.45) is 5.92 Å². The van der Waals surface area contributed by atoms with E-state index < -0.39 is 6.04 Å². The van der Waals surface area contributed by atoms with Gasteiger partial charge < -0.3 is 10.6 Å². The van der Waals surface area contributed by atoms with Crippen molar-refractivity contribution >= 4 is 40.1 Å². The highest BCUT2D eigenvalue weighted by atomic mass is 127. The fourth-order valence-corrected chi connectivity index (χ4v) is 1.87. The van der Waals surface area contributed by atoms with Gasteiger partial charge in [-0.25, -0.2) is 0 Å². The van der Waals surface area contributed by atoms with Gasteiger partial charge in [-0.1, -0.05) is 13.8 Å². The number of amides is 2. The summed E-state index contributed by atoms with van der Waals surface area (Å²) in [6.07, 6.45) is 0. The van der Waals surface area contributed by atoms with Gasteiger partial charge in [-0.3, -0.25) is 9.59 Å². The molecule has 0 aromatic heterocycles. The molecule has 0 radical (unpaired) electrons. The molecule has 0 saturated carbocycles. The van der Waals surface area contributed by atoms with Gasteiger partial charge in [0, 0.05) is 16.2 Å². The van der Waals surface area contributed by atoms with Gasteiger partial charge in [0.1, 0.15) is 6.04 Å². The summed E-state index contributed by atoms with van der Waals surface area (Å²) >= 11 is 2.20. The lowest BCUT2D eigenvalue weighted by molar-refractivity contribution is -0.126. The van der Waals surface area contributed by atoms with E-state index in [1.165, 1.54) is 6.92 Å². The first-order valence-corrected chi connectivity index (χ1v) is 6.81. The Morgan fingerprint density at radius 2 is 1.72 bits per heavy atom. The third-order valence-electron chi connectivity index (χ3n) is 2.42. The van der Waals surface area contributed by atoms with E-state index in [1.807, 2.05) is 38.1 Å². The molecule has 1 rings (SSSR count). The third-order valence-corrected chi connectivity index (χ3v) is 3.14. The second kappa shape index (κ2) is 6.72. The monoisotopic (exact) mass is 360 g/mol. The van der Waals surface area contributed by atoms with Gasteiger partial charge in [0.15, 0.2) is 0 Å². The third kappa shape index (κ3) is 4.64. The predicted octanol–water partition coefficient (Wildman–Crippen LogP) is 2.39. The Hall–Kier alpha value is -1.11. The molecule has 1 aromatic rings. The highest BCUT2D eigenvalue weighted by Gasteiger charge is 2.22. The van der Waals surface area contributed by atoms with Crippen molar-refractivity contribution in [2.45, 2.75) is 26.8 Å². The minimum Gasteiger partial charge on any atom is -0.344 e. The number of halogens is 1. The number of carbonyl (C=O) groups excluding carboxylic acids is 2. The molecular formula is C13H17IN2O2. The van der Waals surface area contributed by atoms with Crippen molar-refractivity contribution in [1.29, 1.82) is 0 Å². The van der Waals surface area contributed by atoms with Gasteiger partial charge in [-0.15, -0.1) is 0 Å². The zero-order valence-corrected chi connectivity index (χ0v) is 12.8. The first kappa shape index (κ1) is 14.9. The second-order valence-corrected chi connectivity index (χ2v) is 5.66. The van der Waals surface area contributed by atoms with Crippen LogP contribution in [0, 0.1) is 9.49 Å². The Morgan fingerprint density at radius 3 is 2.17 bits per heavy atom. The Morgan fingerprint density at radius 1 is 1.17 bits per heavy atom. The number of hydrogen-bond acceptors (Lipinski definition) is 2. The smallest absolute Gasteiger partial charge is 0.247 e. The SMILES string of the molecule is CC(=O)NC(C(=O)Nc1ccc(I)cc1)C(C)C. The van der Waals surface area contributed by atoms with Crippen LogP contribution >= 0.6 is 22.6 Å². The molecule has 4 nitrogen and oxygen atoms in total. The number of nitrogens with one attached hydrogen (secondary N) is 2. The molecule has 0 aliphatic heterocycles. The van der Waals surface area contributed by atoms with Crippen molar-refractivity contribution in [1.82, 2.24) is 5.32 Å². The molecule has 2 amide bonds. The van der Waals surface area contributed by atoms with Gasteiger partial charge >= 0.3 is 0 Å². The van der Waals surface area contributed by atoms with Crippen LogP contribution in [0.1, 0.15) is 20.8 Å². The van der Waals surface area contributed by atoms with Crippen LogP contribution in [0.2, 0.25) is 0 Å². The number of benzene rings is 1. The van der Waals surface area contributed by atoms with Gasteiger partial charge in [0.2, 0.25) is 11.8 Å². The molecule has 0 saturated heterocycles. The van der Waals surface area contributed by atoms with E-state index in [2.05, 4.69) is 33.2 Å². The summed E-state index contributed by atoms with van der Waals surface area (Å²) < 4.78 is 1.10. The summed E-state index contributed by atoms with van der Waals surface area (Å²) in [5.74, 6) is -0.356. The molecule has 5 heteroatoms. The van der Waals surface area contributed by atoms with E-state index in [1.54, 1.807) is 0 Å². The number of hydrogen-bond donors (Lipinski definition) is 2. The summed E-state index contributed by atoms with van der Waals surface area (Å²) in [5.41, 5.74) is 0.733. The molecule has 2 N–H and O–H groups in total. The minimum absolute atomic E-state index is 0.0396. The molecule has 0 aliphatic rings. The Kier molecular flexibility index (Phi) is 5.58. The van der Waals surface area contributed by atoms with Gasteiger partial charge in [-0.2, -0.15) is 0 Å². The summed E-state index contributed by atoms with van der Waals surface area (Å²) in [4.78, 5) is 23.1. The van der Waals surface area contributed by atoms with Crippen LogP contribution in [-0.2, 0) is 9.59 Å². The fourth-order valence-electron chi connectivity index (χ4n) is 1.51. The lowest BCUT2D eigenvalue weighted by Crippen LogP contribution is -2.46. The standard InChI is InChI=1S/C13H17IN2O2/c1-8(2)12(15-9(3)17)13(18)16-11-6-4-10(14)5-7-11/h4-8,12H,1-3H3,(H,15,17)(H,16,18). The molecular weight excluding hydrogens is 343 g/mol. The average Bonchev–Trinajstić information content (AvgIpc) is 2.28. The van der Waals surface area contributed by atoms with Crippen molar-refractivity contribution in [2.75, 3.05) is 5.32 Å². The van der Waals surface area contributed by atoms with E-state index in [0.29, 0.717) is 0 Å². The van der Waals surface area contributed by atoms with Crippen molar-refractivity contribution in [3.05, 3.63) is 27.8 Å². The first-order valence-electron chi connectivity index (χ1n) is 5.73. The van der Waals surface area contributed by atoms with Crippen molar-refractivity contribution in [3.63, 3.8) is 0 Å². The number of carbonyl (C=O) groups is 2. The van der Waals surface area contributed by atoms with E-state index in [0.717, 1.165) is 9.26 Å². The predicted molar refractivity (Wildman–Crippen MR) is 80.2 cm³/mol. The van der Waals surface area contributed by atoms with Crippen LogP contribution in [0.25, 0.3) is 0 Å². The van der Waals surface area contributed by atoms with Crippen LogP contribution < -0.4 is 10.6 Å². The second-order valence-electron chi connectivity index (χ2n) is 4.42. The largest absolute Gasteiger partial charge is 0.344 e. The summed E-state index contributed by atoms with van der Waals surface area (Å²) in [6, 6.07) is 7.00. The van der Waals surface area contributed by atoms with Gasteiger partial charge in [-0.05, 0) is 52.8 Å². The zero-order valence-electron chi connectivity index (χ0n) is 10.7. The fraction of sp³-hybridized carbons (Fsp3) is 0.385. The zero-order chi connectivity index (χ0) is 13.7. The summed E-state index contributed by atoms with van der Waals surface area (Å²) in [6.45, 7) is 5.20. The maximum atomic E-state index is 12.0. The van der Waals surface area contributed by atoms with E-state index in [4.69, 9.17) is 0 Å². The molecule has 1 atom stereocenters. The topological polar surface area (TPSA) is 58.2 Å². The normalized spacial score (nSPS) is 12.1. The molecule has 18 heavy (non-hydrogen) atoms. The molecule has 0 bridgehead atoms. The molecule has 0 heterocycles. The molecule has 98 valence electrons. The van der Waals surface area contributed by atoms with Crippen molar-refractivity contribution < 1.29 is 9.59 Å². The lowest BCUT2D eigenvalue weighted by Gasteiger charge is -2.20. The summed E-state index contributed by atoms with van der Waals surface area (Å²) in [7, 11) is 0. The Bertz CT molecular complexity index is 429. The van der Waals surface area contributed by atoms with Gasteiger partial charge in [0.25, 0.3) is 0 Å². The minimum atomic E-state index is -0.512. The maximum Gasteiger partial charge on any atom is 0.247 e. The molecule has 1 aromatic carbocycles. The first-order chi connectivity index (χ1) is 8.40. The van der Waals surface area contributed by atoms with Gasteiger partial charge in [0.05, 0.1) is 0 Å². The summed E-state index contributed by atoms with van der Waals surface area (Å²) in [5, 5.41) is 5.46. The number of anilines is 1. The van der Waals surface area contributed by atoms with E-state index in [9.17, 15) is 9.59 Å². The molecule has 0 fully saturated rings. The molecule has 0 aliphatic carbocycles. The molecule has 0 spiro atoms. The highest BCUT2D eigenvalue weighted by Crippen LogP contribution is 2.12. The van der Waals surface area contributed by atoms with E-state index >= 15 is 0 Å². The van der Waals surface area contributed by atoms with Crippen LogP contribution in [0.3, 0.4) is 0 Å². The average molecular weight is 360 g/mol. The van der Waals surface area contributed by atoms with Crippen LogP contribution in [0.4, 0.5) is 5.69 Å². The van der Waals surface area contributed by atoms with E-state index in [-0.39, 0.29) is 17.7 Å². The van der Waals surface area contributed by atoms with Crippen molar-refractivity contribution in [3.8, 4) is 0 Å². The van der Waals surface area contributed by atoms with Crippen LogP contribution in [0.5, 0.6) is 0 Å². The Balaban J connectivity index is 2.72. The highest BCUT2D eigenvalue weighted by molar-refractivity contribution is 14.1. The van der Waals surface area contributed by atoms with Crippen LogP contribution in [0.15, 0.2) is 24.3 Å². The quantitative estimate of drug-likeness (QED) is 0.811. The Labute approximate surface area is 121 Å².